The maximum Gasteiger partial charge on any atom is 0.232 e. The Hall–Kier alpha value is -3.02. The van der Waals surface area contributed by atoms with Crippen LogP contribution < -0.4 is 9.47 Å². The van der Waals surface area contributed by atoms with E-state index in [9.17, 15) is 9.59 Å². The van der Waals surface area contributed by atoms with Crippen LogP contribution in [0.25, 0.3) is 0 Å². The molecule has 2 aliphatic heterocycles. The molecule has 6 heteroatoms. The van der Waals surface area contributed by atoms with Crippen molar-refractivity contribution in [3.05, 3.63) is 59.7 Å². The van der Waals surface area contributed by atoms with E-state index in [0.29, 0.717) is 52.2 Å². The molecule has 32 heavy (non-hydrogen) atoms. The molecule has 4 rings (SSSR count). The predicted molar refractivity (Wildman–Crippen MR) is 123 cm³/mol. The number of nitrogens with zero attached hydrogens (tertiary/aromatic N) is 2. The molecule has 2 amide bonds. The van der Waals surface area contributed by atoms with Crippen molar-refractivity contribution in [3.63, 3.8) is 0 Å². The fourth-order valence-electron chi connectivity index (χ4n) is 4.31. The van der Waals surface area contributed by atoms with Crippen LogP contribution in [0.5, 0.6) is 11.5 Å². The molecule has 0 radical (unpaired) electrons. The van der Waals surface area contributed by atoms with Crippen LogP contribution in [0.3, 0.4) is 0 Å². The molecule has 1 saturated heterocycles. The van der Waals surface area contributed by atoms with Gasteiger partial charge in [-0.05, 0) is 43.5 Å². The monoisotopic (exact) mass is 436 g/mol. The van der Waals surface area contributed by atoms with Gasteiger partial charge in [-0.2, -0.15) is 0 Å². The molecule has 0 N–H and O–H groups in total. The molecule has 0 unspecified atom stereocenters. The highest BCUT2D eigenvalue weighted by Gasteiger charge is 2.35. The van der Waals surface area contributed by atoms with Crippen molar-refractivity contribution in [3.8, 4) is 11.5 Å². The molecule has 1 fully saturated rings. The van der Waals surface area contributed by atoms with E-state index >= 15 is 0 Å². The lowest BCUT2D eigenvalue weighted by molar-refractivity contribution is -0.142. The predicted octanol–water partition coefficient (Wildman–Crippen LogP) is 3.43. The lowest BCUT2D eigenvalue weighted by atomic mass is 9.83. The van der Waals surface area contributed by atoms with Gasteiger partial charge in [0, 0.05) is 39.0 Å². The van der Waals surface area contributed by atoms with Gasteiger partial charge in [-0.1, -0.05) is 36.4 Å². The van der Waals surface area contributed by atoms with Gasteiger partial charge in [-0.15, -0.1) is 0 Å². The second-order valence-electron chi connectivity index (χ2n) is 9.00. The molecule has 170 valence electrons. The highest BCUT2D eigenvalue weighted by Crippen LogP contribution is 2.31. The zero-order valence-corrected chi connectivity index (χ0v) is 19.0. The van der Waals surface area contributed by atoms with E-state index in [4.69, 9.17) is 9.47 Å². The maximum atomic E-state index is 13.1. The second-order valence-corrected chi connectivity index (χ2v) is 9.00. The van der Waals surface area contributed by atoms with E-state index < -0.39 is 5.41 Å². The summed E-state index contributed by atoms with van der Waals surface area (Å²) in [5, 5.41) is 0. The van der Waals surface area contributed by atoms with Crippen LogP contribution in [0.4, 0.5) is 0 Å². The van der Waals surface area contributed by atoms with Gasteiger partial charge in [-0.3, -0.25) is 9.59 Å². The summed E-state index contributed by atoms with van der Waals surface area (Å²) in [6, 6.07) is 15.8. The van der Waals surface area contributed by atoms with Crippen molar-refractivity contribution in [2.75, 3.05) is 39.4 Å². The maximum absolute atomic E-state index is 13.1. The molecule has 0 atom stereocenters. The van der Waals surface area contributed by atoms with Crippen LogP contribution in [0.1, 0.15) is 37.8 Å². The number of ether oxygens (including phenoxy) is 2. The number of fused-ring (bicyclic) bond motifs is 1. The van der Waals surface area contributed by atoms with Crippen LogP contribution in [0.15, 0.2) is 48.5 Å². The number of piperazine rings is 1. The third-order valence-electron chi connectivity index (χ3n) is 6.39. The average molecular weight is 437 g/mol. The molecular formula is C26H32N2O4. The summed E-state index contributed by atoms with van der Waals surface area (Å²) in [4.78, 5) is 29.7. The number of hydrogen-bond donors (Lipinski definition) is 0. The van der Waals surface area contributed by atoms with Crippen molar-refractivity contribution in [2.24, 2.45) is 0 Å². The van der Waals surface area contributed by atoms with Crippen molar-refractivity contribution in [1.29, 1.82) is 0 Å². The van der Waals surface area contributed by atoms with Gasteiger partial charge in [-0.25, -0.2) is 0 Å². The Morgan fingerprint density at radius 2 is 1.53 bits per heavy atom. The van der Waals surface area contributed by atoms with Crippen molar-refractivity contribution < 1.29 is 19.1 Å². The smallest absolute Gasteiger partial charge is 0.232 e. The number of carbonyl (C=O) groups excluding carboxylic acids is 2. The third-order valence-corrected chi connectivity index (χ3v) is 6.39. The van der Waals surface area contributed by atoms with Gasteiger partial charge < -0.3 is 19.3 Å². The number of aryl methyl sites for hydroxylation is 1. The largest absolute Gasteiger partial charge is 0.490 e. The Morgan fingerprint density at radius 3 is 2.25 bits per heavy atom. The molecule has 0 aromatic heterocycles. The second kappa shape index (κ2) is 9.63. The summed E-state index contributed by atoms with van der Waals surface area (Å²) < 4.78 is 11.4. The first-order valence-electron chi connectivity index (χ1n) is 11.5. The van der Waals surface area contributed by atoms with E-state index in [1.54, 1.807) is 0 Å². The summed E-state index contributed by atoms with van der Waals surface area (Å²) in [7, 11) is 0. The topological polar surface area (TPSA) is 59.1 Å². The van der Waals surface area contributed by atoms with Gasteiger partial charge in [0.1, 0.15) is 0 Å². The minimum atomic E-state index is -0.579. The third kappa shape index (κ3) is 4.90. The number of amides is 2. The zero-order chi connectivity index (χ0) is 22.6. The molecule has 0 bridgehead atoms. The van der Waals surface area contributed by atoms with Crippen molar-refractivity contribution >= 4 is 11.8 Å². The Bertz CT molecular complexity index is 950. The van der Waals surface area contributed by atoms with E-state index in [-0.39, 0.29) is 11.8 Å². The van der Waals surface area contributed by atoms with Gasteiger partial charge in [0.05, 0.1) is 18.6 Å². The number of carbonyl (C=O) groups is 2. The summed E-state index contributed by atoms with van der Waals surface area (Å²) in [5.74, 6) is 1.78. The lowest BCUT2D eigenvalue weighted by Gasteiger charge is -2.39. The molecule has 2 heterocycles. The van der Waals surface area contributed by atoms with Gasteiger partial charge in [0.2, 0.25) is 11.8 Å². The quantitative estimate of drug-likeness (QED) is 0.721. The lowest BCUT2D eigenvalue weighted by Crippen LogP contribution is -2.54. The molecule has 0 spiro atoms. The van der Waals surface area contributed by atoms with Crippen molar-refractivity contribution in [1.82, 2.24) is 9.80 Å². The minimum absolute atomic E-state index is 0.114. The summed E-state index contributed by atoms with van der Waals surface area (Å²) in [6.07, 6.45) is 1.98. The molecule has 0 aliphatic carbocycles. The molecule has 0 saturated carbocycles. The molecule has 2 aromatic carbocycles. The van der Waals surface area contributed by atoms with E-state index in [2.05, 4.69) is 0 Å². The van der Waals surface area contributed by atoms with Crippen LogP contribution in [-0.4, -0.2) is 61.0 Å². The Kier molecular flexibility index (Phi) is 6.68. The van der Waals surface area contributed by atoms with Gasteiger partial charge in [0.25, 0.3) is 0 Å². The first-order valence-corrected chi connectivity index (χ1v) is 11.5. The van der Waals surface area contributed by atoms with Crippen LogP contribution >= 0.6 is 0 Å². The Morgan fingerprint density at radius 1 is 0.875 bits per heavy atom. The number of rotatable bonds is 5. The van der Waals surface area contributed by atoms with Crippen LogP contribution in [-0.2, 0) is 21.4 Å². The van der Waals surface area contributed by atoms with Gasteiger partial charge in [0.15, 0.2) is 11.5 Å². The summed E-state index contributed by atoms with van der Waals surface area (Å²) >= 11 is 0. The average Bonchev–Trinajstić information content (AvgIpc) is 3.07. The number of hydrogen-bond acceptors (Lipinski definition) is 4. The Balaban J connectivity index is 1.28. The summed E-state index contributed by atoms with van der Waals surface area (Å²) in [5.41, 5.74) is 1.50. The first kappa shape index (κ1) is 22.2. The fraction of sp³-hybridized carbons (Fsp3) is 0.462. The first-order chi connectivity index (χ1) is 15.4. The highest BCUT2D eigenvalue weighted by atomic mass is 16.5. The fourth-order valence-corrected chi connectivity index (χ4v) is 4.31. The highest BCUT2D eigenvalue weighted by molar-refractivity contribution is 5.87. The minimum Gasteiger partial charge on any atom is -0.490 e. The standard InChI is InChI=1S/C26H32N2O4/c1-26(2,21-7-4-3-5-8-21)25(30)28-15-13-27(14-16-28)24(29)12-10-20-9-11-22-23(19-20)32-18-6-17-31-22/h3-5,7-9,11,19H,6,10,12-18H2,1-2H3. The normalized spacial score (nSPS) is 16.4. The Labute approximate surface area is 190 Å². The molecular weight excluding hydrogens is 404 g/mol. The van der Waals surface area contributed by atoms with Crippen LogP contribution in [0.2, 0.25) is 0 Å². The van der Waals surface area contributed by atoms with Crippen LogP contribution in [0, 0.1) is 0 Å². The SMILES string of the molecule is CC(C)(C(=O)N1CCN(C(=O)CCc2ccc3c(c2)OCCCO3)CC1)c1ccccc1. The van der Waals surface area contributed by atoms with E-state index in [1.807, 2.05) is 72.2 Å². The molecule has 2 aliphatic rings. The van der Waals surface area contributed by atoms with Gasteiger partial charge >= 0.3 is 0 Å². The number of benzene rings is 2. The molecule has 6 nitrogen and oxygen atoms in total. The van der Waals surface area contributed by atoms with Crippen molar-refractivity contribution in [2.45, 2.75) is 38.5 Å². The zero-order valence-electron chi connectivity index (χ0n) is 19.0. The molecule has 2 aromatic rings. The van der Waals surface area contributed by atoms with E-state index in [0.717, 1.165) is 29.0 Å². The van der Waals surface area contributed by atoms with E-state index in [1.165, 1.54) is 0 Å². The summed E-state index contributed by atoms with van der Waals surface area (Å²) in [6.45, 7) is 7.57.